The van der Waals surface area contributed by atoms with Crippen LogP contribution >= 0.6 is 18.2 Å². The monoisotopic (exact) mass is 496 g/mol. The number of ether oxygens (including phenoxy) is 2. The minimum atomic E-state index is -3.48. The number of rotatable bonds is 12. The third kappa shape index (κ3) is 8.21. The van der Waals surface area contributed by atoms with Crippen LogP contribution in [-0.4, -0.2) is 64.1 Å². The van der Waals surface area contributed by atoms with E-state index in [0.29, 0.717) is 31.8 Å². The predicted octanol–water partition coefficient (Wildman–Crippen LogP) is 5.59. The van der Waals surface area contributed by atoms with Gasteiger partial charge in [-0.15, -0.1) is 0 Å². The van der Waals surface area contributed by atoms with Crippen molar-refractivity contribution in [1.29, 1.82) is 0 Å². The van der Waals surface area contributed by atoms with E-state index >= 15 is 0 Å². The van der Waals surface area contributed by atoms with Gasteiger partial charge in [0.25, 0.3) is 0 Å². The Morgan fingerprint density at radius 1 is 1.13 bits per heavy atom. The average Bonchev–Trinajstić information content (AvgIpc) is 3.27. The van der Waals surface area contributed by atoms with E-state index in [-0.39, 0.29) is 41.8 Å². The lowest BCUT2D eigenvalue weighted by Crippen LogP contribution is -2.46. The van der Waals surface area contributed by atoms with Gasteiger partial charge in [0, 0.05) is 31.8 Å². The fourth-order valence-electron chi connectivity index (χ4n) is 3.33. The molecule has 2 unspecified atom stereocenters. The van der Waals surface area contributed by atoms with Gasteiger partial charge in [-0.25, -0.2) is 4.57 Å². The minimum absolute atomic E-state index is 0.0524. The number of carbonyl (C=O) groups excluding carboxylic acids is 1. The first kappa shape index (κ1) is 27.5. The number of ketones is 1. The van der Waals surface area contributed by atoms with Gasteiger partial charge in [-0.05, 0) is 49.3 Å². The molecule has 2 heterocycles. The summed E-state index contributed by atoms with van der Waals surface area (Å²) in [4.78, 5) is 11.4. The van der Waals surface area contributed by atoms with Crippen molar-refractivity contribution in [3.05, 3.63) is 0 Å². The molecule has 0 radical (unpaired) electrons. The summed E-state index contributed by atoms with van der Waals surface area (Å²) < 4.78 is 43.6. The Morgan fingerprint density at radius 3 is 2.32 bits per heavy atom. The maximum absolute atomic E-state index is 13.6. The number of Topliss-reactive ketones (excluding diaryl/α,β-unsaturated/α-hetero) is 1. The first-order valence-electron chi connectivity index (χ1n) is 11.3. The maximum atomic E-state index is 13.6. The zero-order chi connectivity index (χ0) is 23.3. The summed E-state index contributed by atoms with van der Waals surface area (Å²) in [5.74, 6) is 0.448. The topological polar surface area (TPSA) is 80.3 Å². The quantitative estimate of drug-likeness (QED) is 0.256. The Morgan fingerprint density at radius 2 is 1.74 bits per heavy atom. The summed E-state index contributed by atoms with van der Waals surface area (Å²) in [6.07, 6.45) is 1.92. The molecule has 0 N–H and O–H groups in total. The Kier molecular flexibility index (Phi) is 10.3. The summed E-state index contributed by atoms with van der Waals surface area (Å²) in [7, 11) is -1.96. The molecular weight excluding hydrogens is 455 g/mol. The van der Waals surface area contributed by atoms with E-state index in [1.165, 1.54) is 6.92 Å². The highest BCUT2D eigenvalue weighted by molar-refractivity contribution is 8.55. The van der Waals surface area contributed by atoms with Crippen LogP contribution in [0.4, 0.5) is 0 Å². The van der Waals surface area contributed by atoms with Crippen LogP contribution in [-0.2, 0) is 32.3 Å². The normalized spacial score (nSPS) is 29.3. The standard InChI is InChI=1S/C21H41O7PSSi/c1-8-17-18(9-12-24-17)27-29(23,30-14-11-16(2)22)26-15-20-19(10-13-25-20)28-31(6,7)21(3,4)5/h17-20H,8-15H2,1-7H3/t17-,18?,19?,20-,29+/m1/s1. The van der Waals surface area contributed by atoms with Gasteiger partial charge in [0.2, 0.25) is 0 Å². The van der Waals surface area contributed by atoms with E-state index in [1.54, 1.807) is 0 Å². The Labute approximate surface area is 193 Å². The molecule has 2 aliphatic heterocycles. The summed E-state index contributed by atoms with van der Waals surface area (Å²) in [5, 5.41) is 0.0968. The molecular formula is C21H41O7PSSi. The van der Waals surface area contributed by atoms with Gasteiger partial charge in [-0.3, -0.25) is 13.8 Å². The molecule has 31 heavy (non-hydrogen) atoms. The van der Waals surface area contributed by atoms with Crippen molar-refractivity contribution in [3.8, 4) is 0 Å². The Hall–Kier alpha value is 0.267. The van der Waals surface area contributed by atoms with Crippen molar-refractivity contribution in [2.45, 2.75) is 103 Å². The Balaban J connectivity index is 2.02. The molecule has 2 aliphatic rings. The van der Waals surface area contributed by atoms with Crippen LogP contribution in [0.25, 0.3) is 0 Å². The van der Waals surface area contributed by atoms with Gasteiger partial charge in [-0.2, -0.15) is 0 Å². The van der Waals surface area contributed by atoms with Gasteiger partial charge >= 0.3 is 6.80 Å². The lowest BCUT2D eigenvalue weighted by molar-refractivity contribution is -0.116. The smallest absolute Gasteiger partial charge is 0.389 e. The van der Waals surface area contributed by atoms with Crippen LogP contribution in [0.15, 0.2) is 0 Å². The summed E-state index contributed by atoms with van der Waals surface area (Å²) >= 11 is 1.10. The first-order valence-corrected chi connectivity index (χ1v) is 17.4. The van der Waals surface area contributed by atoms with Crippen molar-refractivity contribution in [2.75, 3.05) is 25.6 Å². The van der Waals surface area contributed by atoms with Gasteiger partial charge in [0.1, 0.15) is 11.9 Å². The number of carbonyl (C=O) groups is 1. The lowest BCUT2D eigenvalue weighted by atomic mass is 10.1. The summed E-state index contributed by atoms with van der Waals surface area (Å²) in [5.41, 5.74) is 0. The number of hydrogen-bond acceptors (Lipinski definition) is 8. The third-order valence-electron chi connectivity index (χ3n) is 6.32. The molecule has 0 amide bonds. The highest BCUT2D eigenvalue weighted by Crippen LogP contribution is 2.62. The van der Waals surface area contributed by atoms with Gasteiger partial charge in [0.05, 0.1) is 24.9 Å². The molecule has 0 aliphatic carbocycles. The zero-order valence-electron chi connectivity index (χ0n) is 20.2. The van der Waals surface area contributed by atoms with E-state index in [1.807, 2.05) is 6.92 Å². The molecule has 0 saturated carbocycles. The van der Waals surface area contributed by atoms with Crippen LogP contribution in [0.3, 0.4) is 0 Å². The van der Waals surface area contributed by atoms with Crippen molar-refractivity contribution < 1.29 is 32.3 Å². The van der Waals surface area contributed by atoms with E-state index in [4.69, 9.17) is 22.9 Å². The molecule has 0 aromatic rings. The van der Waals surface area contributed by atoms with Crippen molar-refractivity contribution in [2.24, 2.45) is 0 Å². The second-order valence-corrected chi connectivity index (χ2v) is 18.8. The lowest BCUT2D eigenvalue weighted by Gasteiger charge is -2.39. The maximum Gasteiger partial charge on any atom is 0.389 e. The third-order valence-corrected chi connectivity index (χ3v) is 14.6. The van der Waals surface area contributed by atoms with Crippen LogP contribution in [0.5, 0.6) is 0 Å². The van der Waals surface area contributed by atoms with Crippen molar-refractivity contribution in [3.63, 3.8) is 0 Å². The van der Waals surface area contributed by atoms with Gasteiger partial charge in [0.15, 0.2) is 8.32 Å². The molecule has 0 aromatic heterocycles. The SMILES string of the molecule is CC[C@H]1OCCC1O[P@](=O)(OC[C@H]1OCCC1O[Si](C)(C)C(C)(C)C)SCCC(C)=O. The second-order valence-electron chi connectivity index (χ2n) is 9.89. The van der Waals surface area contributed by atoms with E-state index < -0.39 is 15.1 Å². The summed E-state index contributed by atoms with van der Waals surface area (Å²) in [6.45, 7) is 12.5. The highest BCUT2D eigenvalue weighted by atomic mass is 32.7. The van der Waals surface area contributed by atoms with Crippen LogP contribution in [0.2, 0.25) is 18.1 Å². The largest absolute Gasteiger partial charge is 0.411 e. The van der Waals surface area contributed by atoms with E-state index in [0.717, 1.165) is 24.2 Å². The molecule has 0 aromatic carbocycles. The second kappa shape index (κ2) is 11.6. The molecule has 0 bridgehead atoms. The molecule has 10 heteroatoms. The van der Waals surface area contributed by atoms with E-state index in [2.05, 4.69) is 33.9 Å². The number of hydrogen-bond donors (Lipinski definition) is 0. The van der Waals surface area contributed by atoms with Crippen molar-refractivity contribution in [1.82, 2.24) is 0 Å². The first-order chi connectivity index (χ1) is 14.4. The van der Waals surface area contributed by atoms with Crippen molar-refractivity contribution >= 4 is 32.3 Å². The highest BCUT2D eigenvalue weighted by Gasteiger charge is 2.44. The molecule has 5 atom stereocenters. The molecule has 182 valence electrons. The average molecular weight is 497 g/mol. The summed E-state index contributed by atoms with van der Waals surface area (Å²) in [6, 6.07) is 0. The molecule has 2 rings (SSSR count). The molecule has 2 fully saturated rings. The Bertz CT molecular complexity index is 640. The van der Waals surface area contributed by atoms with Gasteiger partial charge < -0.3 is 13.9 Å². The van der Waals surface area contributed by atoms with Gasteiger partial charge in [-0.1, -0.05) is 27.7 Å². The molecule has 2 saturated heterocycles. The minimum Gasteiger partial charge on any atom is -0.411 e. The fraction of sp³-hybridized carbons (Fsp3) is 0.952. The van der Waals surface area contributed by atoms with E-state index in [9.17, 15) is 9.36 Å². The molecule has 0 spiro atoms. The molecule has 7 nitrogen and oxygen atoms in total. The van der Waals surface area contributed by atoms with Crippen LogP contribution in [0, 0.1) is 0 Å². The van der Waals surface area contributed by atoms with Crippen LogP contribution in [0.1, 0.15) is 60.3 Å². The van der Waals surface area contributed by atoms with Crippen LogP contribution < -0.4 is 0 Å². The zero-order valence-corrected chi connectivity index (χ0v) is 22.9. The fourth-order valence-corrected chi connectivity index (χ4v) is 8.28. The predicted molar refractivity (Wildman–Crippen MR) is 127 cm³/mol.